The van der Waals surface area contributed by atoms with Crippen LogP contribution in [-0.2, 0) is 0 Å². The third kappa shape index (κ3) is 3.14. The van der Waals surface area contributed by atoms with Crippen molar-refractivity contribution in [1.29, 1.82) is 0 Å². The Hall–Kier alpha value is -1.74. The zero-order valence-electron chi connectivity index (χ0n) is 10.6. The summed E-state index contributed by atoms with van der Waals surface area (Å²) >= 11 is 0. The molecule has 0 aliphatic heterocycles. The smallest absolute Gasteiger partial charge is 0.123 e. The maximum Gasteiger partial charge on any atom is 0.123 e. The first-order chi connectivity index (χ1) is 8.66. The first-order valence-corrected chi connectivity index (χ1v) is 6.09. The predicted molar refractivity (Wildman–Crippen MR) is 70.6 cm³/mol. The van der Waals surface area contributed by atoms with Crippen molar-refractivity contribution in [1.82, 2.24) is 10.3 Å². The molecule has 18 heavy (non-hydrogen) atoms. The van der Waals surface area contributed by atoms with Gasteiger partial charge in [-0.2, -0.15) is 0 Å². The van der Waals surface area contributed by atoms with Gasteiger partial charge in [-0.15, -0.1) is 0 Å². The van der Waals surface area contributed by atoms with Crippen LogP contribution in [0.5, 0.6) is 0 Å². The minimum absolute atomic E-state index is 0.0812. The van der Waals surface area contributed by atoms with Crippen molar-refractivity contribution < 1.29 is 4.39 Å². The van der Waals surface area contributed by atoms with Crippen molar-refractivity contribution in [3.8, 4) is 0 Å². The van der Waals surface area contributed by atoms with Gasteiger partial charge < -0.3 is 5.32 Å². The summed E-state index contributed by atoms with van der Waals surface area (Å²) in [6.45, 7) is 4.08. The van der Waals surface area contributed by atoms with E-state index in [1.54, 1.807) is 18.3 Å². The highest BCUT2D eigenvalue weighted by Gasteiger charge is 2.12. The van der Waals surface area contributed by atoms with Crippen molar-refractivity contribution in [2.75, 3.05) is 0 Å². The highest BCUT2D eigenvalue weighted by Crippen LogP contribution is 2.18. The van der Waals surface area contributed by atoms with Gasteiger partial charge in [-0.05, 0) is 43.7 Å². The van der Waals surface area contributed by atoms with E-state index < -0.39 is 0 Å². The van der Waals surface area contributed by atoms with E-state index in [2.05, 4.69) is 17.2 Å². The van der Waals surface area contributed by atoms with Gasteiger partial charge in [0.05, 0.1) is 5.69 Å². The highest BCUT2D eigenvalue weighted by atomic mass is 19.1. The van der Waals surface area contributed by atoms with Gasteiger partial charge in [-0.3, -0.25) is 4.98 Å². The molecule has 0 aliphatic carbocycles. The Morgan fingerprint density at radius 3 is 2.56 bits per heavy atom. The van der Waals surface area contributed by atoms with Crippen LogP contribution < -0.4 is 5.32 Å². The van der Waals surface area contributed by atoms with Gasteiger partial charge in [0, 0.05) is 18.3 Å². The Bertz CT molecular complexity index is 499. The summed E-state index contributed by atoms with van der Waals surface area (Å²) in [5, 5.41) is 3.41. The van der Waals surface area contributed by atoms with E-state index in [-0.39, 0.29) is 17.9 Å². The van der Waals surface area contributed by atoms with Gasteiger partial charge in [0.1, 0.15) is 5.82 Å². The van der Waals surface area contributed by atoms with Gasteiger partial charge in [0.25, 0.3) is 0 Å². The average Bonchev–Trinajstić information content (AvgIpc) is 2.39. The summed E-state index contributed by atoms with van der Waals surface area (Å²) in [4.78, 5) is 4.31. The van der Waals surface area contributed by atoms with E-state index in [1.807, 2.05) is 31.2 Å². The standard InChI is InChI=1S/C15H17FN2/c1-11(13-6-5-7-14(16)10-13)18-12(2)15-8-3-4-9-17-15/h3-12,18H,1-2H3/t11-,12?/m0/s1. The SMILES string of the molecule is CC(N[C@@H](C)c1cccc(F)c1)c1ccccn1. The minimum atomic E-state index is -0.202. The summed E-state index contributed by atoms with van der Waals surface area (Å²) in [7, 11) is 0. The fourth-order valence-corrected chi connectivity index (χ4v) is 1.96. The number of benzene rings is 1. The molecule has 0 fully saturated rings. The third-order valence-corrected chi connectivity index (χ3v) is 2.98. The first-order valence-electron chi connectivity index (χ1n) is 6.09. The molecule has 2 aromatic rings. The topological polar surface area (TPSA) is 24.9 Å². The summed E-state index contributed by atoms with van der Waals surface area (Å²) in [6, 6.07) is 12.7. The second-order valence-electron chi connectivity index (χ2n) is 4.42. The van der Waals surface area contributed by atoms with Crippen LogP contribution in [0.1, 0.15) is 37.2 Å². The molecule has 0 amide bonds. The molecule has 0 aliphatic rings. The van der Waals surface area contributed by atoms with E-state index >= 15 is 0 Å². The molecule has 0 radical (unpaired) electrons. The zero-order chi connectivity index (χ0) is 13.0. The monoisotopic (exact) mass is 244 g/mol. The van der Waals surface area contributed by atoms with Crippen LogP contribution >= 0.6 is 0 Å². The summed E-state index contributed by atoms with van der Waals surface area (Å²) in [6.07, 6.45) is 1.78. The number of hydrogen-bond acceptors (Lipinski definition) is 2. The van der Waals surface area contributed by atoms with Crippen LogP contribution in [-0.4, -0.2) is 4.98 Å². The lowest BCUT2D eigenvalue weighted by molar-refractivity contribution is 0.484. The van der Waals surface area contributed by atoms with Gasteiger partial charge in [-0.25, -0.2) is 4.39 Å². The quantitative estimate of drug-likeness (QED) is 0.888. The van der Waals surface area contributed by atoms with Crippen molar-refractivity contribution in [2.45, 2.75) is 25.9 Å². The fourth-order valence-electron chi connectivity index (χ4n) is 1.96. The molecule has 2 nitrogen and oxygen atoms in total. The maximum absolute atomic E-state index is 13.1. The number of halogens is 1. The second-order valence-corrected chi connectivity index (χ2v) is 4.42. The molecule has 0 bridgehead atoms. The van der Waals surface area contributed by atoms with Crippen molar-refractivity contribution in [3.63, 3.8) is 0 Å². The number of hydrogen-bond donors (Lipinski definition) is 1. The van der Waals surface area contributed by atoms with Crippen molar-refractivity contribution in [2.24, 2.45) is 0 Å². The van der Waals surface area contributed by atoms with Gasteiger partial charge in [0.2, 0.25) is 0 Å². The van der Waals surface area contributed by atoms with Crippen molar-refractivity contribution >= 4 is 0 Å². The first kappa shape index (κ1) is 12.7. The average molecular weight is 244 g/mol. The lowest BCUT2D eigenvalue weighted by Gasteiger charge is -2.20. The fraction of sp³-hybridized carbons (Fsp3) is 0.267. The maximum atomic E-state index is 13.1. The molecule has 2 atom stereocenters. The molecular weight excluding hydrogens is 227 g/mol. The van der Waals surface area contributed by atoms with Gasteiger partial charge >= 0.3 is 0 Å². The molecule has 0 saturated heterocycles. The van der Waals surface area contributed by atoms with Crippen LogP contribution in [0, 0.1) is 5.82 Å². The normalized spacial score (nSPS) is 14.2. The third-order valence-electron chi connectivity index (χ3n) is 2.98. The molecular formula is C15H17FN2. The van der Waals surface area contributed by atoms with Crippen LogP contribution in [0.15, 0.2) is 48.7 Å². The molecule has 1 unspecified atom stereocenters. The van der Waals surface area contributed by atoms with Gasteiger partial charge in [0.15, 0.2) is 0 Å². The van der Waals surface area contributed by atoms with E-state index in [0.29, 0.717) is 0 Å². The molecule has 2 rings (SSSR count). The minimum Gasteiger partial charge on any atom is -0.302 e. The van der Waals surface area contributed by atoms with Crippen LogP contribution in [0.25, 0.3) is 0 Å². The molecule has 1 N–H and O–H groups in total. The van der Waals surface area contributed by atoms with E-state index in [9.17, 15) is 4.39 Å². The van der Waals surface area contributed by atoms with Gasteiger partial charge in [-0.1, -0.05) is 18.2 Å². The summed E-state index contributed by atoms with van der Waals surface area (Å²) < 4.78 is 13.1. The Morgan fingerprint density at radius 1 is 1.06 bits per heavy atom. The van der Waals surface area contributed by atoms with Crippen LogP contribution in [0.3, 0.4) is 0 Å². The Balaban J connectivity index is 2.05. The van der Waals surface area contributed by atoms with E-state index in [4.69, 9.17) is 0 Å². The molecule has 3 heteroatoms. The van der Waals surface area contributed by atoms with Crippen LogP contribution in [0.2, 0.25) is 0 Å². The van der Waals surface area contributed by atoms with Crippen LogP contribution in [0.4, 0.5) is 4.39 Å². The number of nitrogens with one attached hydrogen (secondary N) is 1. The number of pyridine rings is 1. The molecule has 1 aromatic heterocycles. The number of nitrogens with zero attached hydrogens (tertiary/aromatic N) is 1. The molecule has 0 spiro atoms. The second kappa shape index (κ2) is 5.74. The zero-order valence-corrected chi connectivity index (χ0v) is 10.6. The highest BCUT2D eigenvalue weighted by molar-refractivity contribution is 5.20. The lowest BCUT2D eigenvalue weighted by Crippen LogP contribution is -2.23. The summed E-state index contributed by atoms with van der Waals surface area (Å²) in [5.74, 6) is -0.202. The van der Waals surface area contributed by atoms with E-state index in [1.165, 1.54) is 6.07 Å². The Labute approximate surface area is 107 Å². The summed E-state index contributed by atoms with van der Waals surface area (Å²) in [5.41, 5.74) is 1.93. The number of rotatable bonds is 4. The molecule has 1 aromatic carbocycles. The Kier molecular flexibility index (Phi) is 4.05. The molecule has 0 saturated carbocycles. The largest absolute Gasteiger partial charge is 0.302 e. The van der Waals surface area contributed by atoms with Crippen molar-refractivity contribution in [3.05, 3.63) is 65.7 Å². The molecule has 1 heterocycles. The molecule has 94 valence electrons. The number of aromatic nitrogens is 1. The predicted octanol–water partition coefficient (Wildman–Crippen LogP) is 3.63. The lowest BCUT2D eigenvalue weighted by atomic mass is 10.1. The Morgan fingerprint density at radius 2 is 1.89 bits per heavy atom. The van der Waals surface area contributed by atoms with E-state index in [0.717, 1.165) is 11.3 Å².